The van der Waals surface area contributed by atoms with Crippen LogP contribution < -0.4 is 5.32 Å². The van der Waals surface area contributed by atoms with Crippen LogP contribution in [-0.2, 0) is 6.42 Å². The van der Waals surface area contributed by atoms with E-state index >= 15 is 0 Å². The molecule has 2 N–H and O–H groups in total. The Morgan fingerprint density at radius 2 is 2.14 bits per heavy atom. The van der Waals surface area contributed by atoms with E-state index in [2.05, 4.69) is 43.4 Å². The van der Waals surface area contributed by atoms with Crippen LogP contribution in [-0.4, -0.2) is 40.8 Å². The summed E-state index contributed by atoms with van der Waals surface area (Å²) in [6, 6.07) is 10.7. The first-order chi connectivity index (χ1) is 10.5. The molecule has 3 atom stereocenters. The highest BCUT2D eigenvalue weighted by Crippen LogP contribution is 2.51. The summed E-state index contributed by atoms with van der Waals surface area (Å²) < 4.78 is 0. The third-order valence-corrected chi connectivity index (χ3v) is 5.15. The second kappa shape index (κ2) is 5.92. The lowest BCUT2D eigenvalue weighted by atomic mass is 9.97. The molecule has 1 aromatic rings. The third-order valence-electron chi connectivity index (χ3n) is 5.15. The van der Waals surface area contributed by atoms with Gasteiger partial charge in [-0.25, -0.2) is 4.79 Å². The van der Waals surface area contributed by atoms with Gasteiger partial charge in [-0.2, -0.15) is 0 Å². The SMILES string of the molecule is CC(C)C[C@@H]1CN(C(=O)O)C2(CN1)CC2Cc1ccccc1. The van der Waals surface area contributed by atoms with Crippen molar-refractivity contribution in [3.05, 3.63) is 35.9 Å². The van der Waals surface area contributed by atoms with Gasteiger partial charge in [0.15, 0.2) is 0 Å². The highest BCUT2D eigenvalue weighted by Gasteiger charge is 2.61. The van der Waals surface area contributed by atoms with Gasteiger partial charge in [0.25, 0.3) is 0 Å². The molecule has 2 aliphatic rings. The number of nitrogens with zero attached hydrogens (tertiary/aromatic N) is 1. The number of hydrogen-bond donors (Lipinski definition) is 2. The first-order valence-corrected chi connectivity index (χ1v) is 8.29. The quantitative estimate of drug-likeness (QED) is 0.899. The van der Waals surface area contributed by atoms with Crippen LogP contribution in [0, 0.1) is 11.8 Å². The van der Waals surface area contributed by atoms with Crippen molar-refractivity contribution in [3.63, 3.8) is 0 Å². The van der Waals surface area contributed by atoms with Gasteiger partial charge in [-0.1, -0.05) is 44.2 Å². The number of amides is 1. The molecule has 0 bridgehead atoms. The molecule has 0 radical (unpaired) electrons. The summed E-state index contributed by atoms with van der Waals surface area (Å²) in [7, 11) is 0. The maximum Gasteiger partial charge on any atom is 0.407 e. The zero-order chi connectivity index (χ0) is 15.7. The van der Waals surface area contributed by atoms with E-state index in [1.807, 2.05) is 6.07 Å². The molecule has 2 unspecified atom stereocenters. The summed E-state index contributed by atoms with van der Waals surface area (Å²) in [5.41, 5.74) is 1.13. The molecule has 1 aliphatic heterocycles. The number of rotatable bonds is 4. The van der Waals surface area contributed by atoms with Crippen molar-refractivity contribution in [3.8, 4) is 0 Å². The van der Waals surface area contributed by atoms with E-state index in [-0.39, 0.29) is 5.54 Å². The summed E-state index contributed by atoms with van der Waals surface area (Å²) >= 11 is 0. The number of hydrogen-bond acceptors (Lipinski definition) is 2. The predicted octanol–water partition coefficient (Wildman–Crippen LogP) is 2.99. The van der Waals surface area contributed by atoms with Gasteiger partial charge in [0.2, 0.25) is 0 Å². The molecule has 1 amide bonds. The topological polar surface area (TPSA) is 52.6 Å². The minimum atomic E-state index is -0.759. The molecule has 120 valence electrons. The molecule has 1 aliphatic carbocycles. The van der Waals surface area contributed by atoms with Gasteiger partial charge in [0.1, 0.15) is 0 Å². The Bertz CT molecular complexity index is 531. The van der Waals surface area contributed by atoms with Crippen LogP contribution in [0.15, 0.2) is 30.3 Å². The average Bonchev–Trinajstić information content (AvgIpc) is 3.14. The lowest BCUT2D eigenvalue weighted by Gasteiger charge is -2.41. The fraction of sp³-hybridized carbons (Fsp3) is 0.611. The fourth-order valence-corrected chi connectivity index (χ4v) is 3.95. The monoisotopic (exact) mass is 302 g/mol. The Hall–Kier alpha value is -1.55. The zero-order valence-corrected chi connectivity index (χ0v) is 13.5. The van der Waals surface area contributed by atoms with Gasteiger partial charge in [-0.15, -0.1) is 0 Å². The lowest BCUT2D eigenvalue weighted by Crippen LogP contribution is -2.60. The number of nitrogens with one attached hydrogen (secondary N) is 1. The molecular formula is C18H26N2O2. The third kappa shape index (κ3) is 2.98. The molecule has 3 rings (SSSR count). The second-order valence-corrected chi connectivity index (χ2v) is 7.29. The van der Waals surface area contributed by atoms with Crippen molar-refractivity contribution < 1.29 is 9.90 Å². The van der Waals surface area contributed by atoms with E-state index in [4.69, 9.17) is 0 Å². The van der Waals surface area contributed by atoms with Crippen LogP contribution in [0.1, 0.15) is 32.3 Å². The molecule has 22 heavy (non-hydrogen) atoms. The van der Waals surface area contributed by atoms with E-state index in [1.54, 1.807) is 4.90 Å². The number of carboxylic acid groups (broad SMARTS) is 1. The first-order valence-electron chi connectivity index (χ1n) is 8.29. The molecule has 2 fully saturated rings. The van der Waals surface area contributed by atoms with Crippen molar-refractivity contribution in [1.29, 1.82) is 0 Å². The Morgan fingerprint density at radius 1 is 1.41 bits per heavy atom. The van der Waals surface area contributed by atoms with Gasteiger partial charge in [-0.05, 0) is 36.7 Å². The molecule has 4 heteroatoms. The van der Waals surface area contributed by atoms with Crippen LogP contribution in [0.2, 0.25) is 0 Å². The van der Waals surface area contributed by atoms with Crippen molar-refractivity contribution in [2.45, 2.75) is 44.7 Å². The molecule has 1 saturated carbocycles. The van der Waals surface area contributed by atoms with Crippen molar-refractivity contribution in [2.75, 3.05) is 13.1 Å². The van der Waals surface area contributed by atoms with Crippen LogP contribution >= 0.6 is 0 Å². The second-order valence-electron chi connectivity index (χ2n) is 7.29. The zero-order valence-electron chi connectivity index (χ0n) is 13.5. The van der Waals surface area contributed by atoms with E-state index in [0.29, 0.717) is 24.4 Å². The molecule has 1 spiro atoms. The number of benzene rings is 1. The average molecular weight is 302 g/mol. The molecule has 1 heterocycles. The van der Waals surface area contributed by atoms with Crippen LogP contribution in [0.3, 0.4) is 0 Å². The van der Waals surface area contributed by atoms with Crippen molar-refractivity contribution >= 4 is 6.09 Å². The van der Waals surface area contributed by atoms with E-state index in [0.717, 1.165) is 25.8 Å². The number of carbonyl (C=O) groups is 1. The minimum absolute atomic E-state index is 0.171. The molecule has 1 saturated heterocycles. The largest absolute Gasteiger partial charge is 0.465 e. The highest BCUT2D eigenvalue weighted by molar-refractivity contribution is 5.67. The normalized spacial score (nSPS) is 30.8. The van der Waals surface area contributed by atoms with E-state index in [9.17, 15) is 9.90 Å². The van der Waals surface area contributed by atoms with Gasteiger partial charge in [-0.3, -0.25) is 4.90 Å². The molecular weight excluding hydrogens is 276 g/mol. The summed E-state index contributed by atoms with van der Waals surface area (Å²) in [6.45, 7) is 5.80. The molecule has 0 aromatic heterocycles. The molecule has 1 aromatic carbocycles. The molecule has 4 nitrogen and oxygen atoms in total. The van der Waals surface area contributed by atoms with Crippen molar-refractivity contribution in [2.24, 2.45) is 11.8 Å². The van der Waals surface area contributed by atoms with Crippen LogP contribution in [0.5, 0.6) is 0 Å². The lowest BCUT2D eigenvalue weighted by molar-refractivity contribution is 0.0788. The number of piperazine rings is 1. The standard InChI is InChI=1S/C18H26N2O2/c1-13(2)8-16-11-20(17(21)22)18(12-19-16)10-15(18)9-14-6-4-3-5-7-14/h3-7,13,15-16,19H,8-12H2,1-2H3,(H,21,22)/t15?,16-,18?/m1/s1. The van der Waals surface area contributed by atoms with Crippen molar-refractivity contribution in [1.82, 2.24) is 10.2 Å². The first kappa shape index (κ1) is 15.3. The summed E-state index contributed by atoms with van der Waals surface area (Å²) in [5, 5.41) is 13.2. The Balaban J connectivity index is 1.67. The summed E-state index contributed by atoms with van der Waals surface area (Å²) in [4.78, 5) is 13.5. The summed E-state index contributed by atoms with van der Waals surface area (Å²) in [6.07, 6.45) is 2.23. The maximum absolute atomic E-state index is 11.7. The van der Waals surface area contributed by atoms with Gasteiger partial charge < -0.3 is 10.4 Å². The van der Waals surface area contributed by atoms with E-state index in [1.165, 1.54) is 5.56 Å². The van der Waals surface area contributed by atoms with Gasteiger partial charge in [0.05, 0.1) is 5.54 Å². The predicted molar refractivity (Wildman–Crippen MR) is 87.0 cm³/mol. The van der Waals surface area contributed by atoms with Gasteiger partial charge in [0, 0.05) is 19.1 Å². The Morgan fingerprint density at radius 3 is 2.77 bits per heavy atom. The highest BCUT2D eigenvalue weighted by atomic mass is 16.4. The van der Waals surface area contributed by atoms with Gasteiger partial charge >= 0.3 is 6.09 Å². The fourth-order valence-electron chi connectivity index (χ4n) is 3.95. The van der Waals surface area contributed by atoms with E-state index < -0.39 is 6.09 Å². The van der Waals surface area contributed by atoms with Crippen LogP contribution in [0.4, 0.5) is 4.79 Å². The Kier molecular flexibility index (Phi) is 4.13. The Labute approximate surface area is 132 Å². The van der Waals surface area contributed by atoms with Crippen LogP contribution in [0.25, 0.3) is 0 Å². The smallest absolute Gasteiger partial charge is 0.407 e. The summed E-state index contributed by atoms with van der Waals surface area (Å²) in [5.74, 6) is 1.03. The maximum atomic E-state index is 11.7. The minimum Gasteiger partial charge on any atom is -0.465 e.